The molecule has 1 atom stereocenters. The van der Waals surface area contributed by atoms with Crippen LogP contribution in [0.2, 0.25) is 0 Å². The Kier molecular flexibility index (Phi) is 6.87. The second-order valence-electron chi connectivity index (χ2n) is 10.9. The van der Waals surface area contributed by atoms with E-state index in [0.29, 0.717) is 17.5 Å². The van der Waals surface area contributed by atoms with Crippen LogP contribution in [0.4, 0.5) is 0 Å². The van der Waals surface area contributed by atoms with Gasteiger partial charge in [-0.05, 0) is 22.8 Å². The van der Waals surface area contributed by atoms with Gasteiger partial charge in [0.05, 0.1) is 0 Å². The molecule has 0 saturated carbocycles. The third-order valence-corrected chi connectivity index (χ3v) is 7.93. The van der Waals surface area contributed by atoms with Crippen LogP contribution in [0.1, 0.15) is 22.9 Å². The van der Waals surface area contributed by atoms with E-state index in [0.717, 1.165) is 50.4 Å². The number of aliphatic imine (C=N–C) groups is 1. The predicted molar refractivity (Wildman–Crippen MR) is 180 cm³/mol. The molecule has 0 radical (unpaired) electrons. The molecule has 6 aromatic rings. The van der Waals surface area contributed by atoms with Gasteiger partial charge in [-0.3, -0.25) is 5.01 Å². The summed E-state index contributed by atoms with van der Waals surface area (Å²) >= 11 is 0. The summed E-state index contributed by atoms with van der Waals surface area (Å²) in [7, 11) is 0. The Balaban J connectivity index is 1.13. The molecule has 45 heavy (non-hydrogen) atoms. The fourth-order valence-corrected chi connectivity index (χ4v) is 5.62. The summed E-state index contributed by atoms with van der Waals surface area (Å²) < 4.78 is 0. The van der Waals surface area contributed by atoms with Gasteiger partial charge in [-0.2, -0.15) is 5.43 Å². The van der Waals surface area contributed by atoms with Crippen LogP contribution in [0.5, 0.6) is 0 Å². The third kappa shape index (κ3) is 5.35. The molecule has 3 heterocycles. The van der Waals surface area contributed by atoms with E-state index in [1.54, 1.807) is 0 Å². The summed E-state index contributed by atoms with van der Waals surface area (Å²) in [4.78, 5) is 19.7. The summed E-state index contributed by atoms with van der Waals surface area (Å²) in [6.45, 7) is 0. The lowest BCUT2D eigenvalue weighted by atomic mass is 9.96. The Morgan fingerprint density at radius 3 is 1.42 bits per heavy atom. The van der Waals surface area contributed by atoms with Gasteiger partial charge in [-0.25, -0.2) is 19.9 Å². The van der Waals surface area contributed by atoms with Crippen molar-refractivity contribution in [2.45, 2.75) is 6.17 Å². The highest BCUT2D eigenvalue weighted by Crippen LogP contribution is 2.35. The van der Waals surface area contributed by atoms with Crippen molar-refractivity contribution in [3.63, 3.8) is 0 Å². The molecule has 8 rings (SSSR count). The monoisotopic (exact) mass is 580 g/mol. The molecule has 0 fully saturated rings. The van der Waals surface area contributed by atoms with Crippen molar-refractivity contribution >= 4 is 17.0 Å². The lowest BCUT2D eigenvalue weighted by Crippen LogP contribution is -2.35. The summed E-state index contributed by atoms with van der Waals surface area (Å²) in [5.41, 5.74) is 11.9. The molecule has 5 aromatic carbocycles. The van der Waals surface area contributed by atoms with Crippen LogP contribution in [-0.4, -0.2) is 25.8 Å². The number of aromatic nitrogens is 3. The quantitative estimate of drug-likeness (QED) is 0.215. The second-order valence-corrected chi connectivity index (χ2v) is 10.9. The lowest BCUT2D eigenvalue weighted by molar-refractivity contribution is 0.388. The van der Waals surface area contributed by atoms with Crippen LogP contribution in [0.3, 0.4) is 0 Å². The molecule has 0 bridgehead atoms. The fourth-order valence-electron chi connectivity index (χ4n) is 5.62. The molecule has 1 unspecified atom stereocenters. The molecule has 6 heteroatoms. The molecule has 0 amide bonds. The zero-order valence-corrected chi connectivity index (χ0v) is 24.3. The average molecular weight is 581 g/mol. The van der Waals surface area contributed by atoms with Gasteiger partial charge < -0.3 is 0 Å². The number of hydrogen-bond donors (Lipinski definition) is 1. The maximum absolute atomic E-state index is 5.15. The minimum Gasteiger partial charge on any atom is -0.264 e. The summed E-state index contributed by atoms with van der Waals surface area (Å²) in [6.07, 6.45) is 4.10. The third-order valence-electron chi connectivity index (χ3n) is 7.93. The van der Waals surface area contributed by atoms with E-state index >= 15 is 0 Å². The van der Waals surface area contributed by atoms with Crippen LogP contribution in [0.15, 0.2) is 163 Å². The number of fused-ring (bicyclic) bond motifs is 1. The normalized spacial score (nSPS) is 15.6. The average Bonchev–Trinajstić information content (AvgIpc) is 3.57. The Labute approximate surface area is 261 Å². The van der Waals surface area contributed by atoms with Gasteiger partial charge in [-0.15, -0.1) is 0 Å². The van der Waals surface area contributed by atoms with Gasteiger partial charge in [0.25, 0.3) is 0 Å². The van der Waals surface area contributed by atoms with E-state index in [1.165, 1.54) is 0 Å². The van der Waals surface area contributed by atoms with E-state index in [4.69, 9.17) is 19.9 Å². The first kappa shape index (κ1) is 26.6. The number of hydrazine groups is 1. The minimum atomic E-state index is -0.245. The number of benzene rings is 5. The Morgan fingerprint density at radius 2 is 0.911 bits per heavy atom. The number of nitrogens with one attached hydrogen (secondary N) is 1. The largest absolute Gasteiger partial charge is 0.264 e. The van der Waals surface area contributed by atoms with Crippen LogP contribution in [0.25, 0.3) is 45.3 Å². The van der Waals surface area contributed by atoms with Crippen molar-refractivity contribution in [1.82, 2.24) is 25.4 Å². The highest BCUT2D eigenvalue weighted by Gasteiger charge is 2.30. The molecule has 6 nitrogen and oxygen atoms in total. The van der Waals surface area contributed by atoms with Crippen molar-refractivity contribution in [3.8, 4) is 34.2 Å². The first-order chi connectivity index (χ1) is 22.3. The number of amidine groups is 1. The molecule has 0 saturated heterocycles. The standard InChI is InChI=1S/C39H28N6/c1-5-13-27(14-6-1)33-25-34(28-15-7-2-8-16-28)39-43-38(44-45(39)26-33)32-23-21-31(22-24-32)37-41-35(29-17-9-3-10-18-29)40-36(42-37)30-19-11-4-12-20-30/h1-26,38,44H. The first-order valence-electron chi connectivity index (χ1n) is 14.9. The van der Waals surface area contributed by atoms with Crippen LogP contribution < -0.4 is 5.43 Å². The summed E-state index contributed by atoms with van der Waals surface area (Å²) in [5, 5.41) is 2.05. The lowest BCUT2D eigenvalue weighted by Gasteiger charge is -2.25. The van der Waals surface area contributed by atoms with Gasteiger partial charge in [0.1, 0.15) is 6.17 Å². The maximum Gasteiger partial charge on any atom is 0.164 e. The molecule has 0 spiro atoms. The molecular formula is C39H28N6. The highest BCUT2D eigenvalue weighted by atomic mass is 15.6. The predicted octanol–water partition coefficient (Wildman–Crippen LogP) is 8.23. The number of allylic oxidation sites excluding steroid dienone is 2. The second kappa shape index (κ2) is 11.6. The summed E-state index contributed by atoms with van der Waals surface area (Å²) in [5.74, 6) is 2.81. The minimum absolute atomic E-state index is 0.245. The van der Waals surface area contributed by atoms with Gasteiger partial charge in [0.15, 0.2) is 23.3 Å². The smallest absolute Gasteiger partial charge is 0.164 e. The SMILES string of the molecule is C1=C(c2ccccc2)C=C(c2ccccc2)C2=NC(c3ccc(-c4nc(-c5ccccc5)nc(-c5ccccc5)n4)cc3)NN12. The van der Waals surface area contributed by atoms with Crippen molar-refractivity contribution < 1.29 is 0 Å². The Bertz CT molecular complexity index is 2000. The molecule has 1 aromatic heterocycles. The summed E-state index contributed by atoms with van der Waals surface area (Å²) in [6, 6.07) is 49.2. The van der Waals surface area contributed by atoms with E-state index in [2.05, 4.69) is 90.5 Å². The molecular weight excluding hydrogens is 552 g/mol. The first-order valence-corrected chi connectivity index (χ1v) is 14.9. The molecule has 214 valence electrons. The van der Waals surface area contributed by atoms with Crippen molar-refractivity contribution in [3.05, 3.63) is 175 Å². The molecule has 2 aliphatic rings. The topological polar surface area (TPSA) is 66.3 Å². The molecule has 2 aliphatic heterocycles. The Morgan fingerprint density at radius 1 is 0.467 bits per heavy atom. The van der Waals surface area contributed by atoms with Gasteiger partial charge in [-0.1, -0.05) is 146 Å². The highest BCUT2D eigenvalue weighted by molar-refractivity contribution is 6.26. The molecule has 1 N–H and O–H groups in total. The van der Waals surface area contributed by atoms with E-state index in [-0.39, 0.29) is 6.17 Å². The zero-order valence-electron chi connectivity index (χ0n) is 24.3. The number of rotatable bonds is 6. The van der Waals surface area contributed by atoms with Crippen molar-refractivity contribution in [2.75, 3.05) is 0 Å². The maximum atomic E-state index is 5.15. The van der Waals surface area contributed by atoms with Crippen LogP contribution in [0, 0.1) is 0 Å². The van der Waals surface area contributed by atoms with E-state index < -0.39 is 0 Å². The van der Waals surface area contributed by atoms with Crippen LogP contribution in [-0.2, 0) is 0 Å². The fraction of sp³-hybridized carbons (Fsp3) is 0.0256. The van der Waals surface area contributed by atoms with Crippen LogP contribution >= 0.6 is 0 Å². The van der Waals surface area contributed by atoms with Crippen molar-refractivity contribution in [1.29, 1.82) is 0 Å². The number of hydrogen-bond acceptors (Lipinski definition) is 6. The van der Waals surface area contributed by atoms with Gasteiger partial charge >= 0.3 is 0 Å². The number of nitrogens with zero attached hydrogens (tertiary/aromatic N) is 5. The van der Waals surface area contributed by atoms with Gasteiger partial charge in [0, 0.05) is 34.0 Å². The Hall–Kier alpha value is -5.98. The van der Waals surface area contributed by atoms with E-state index in [1.807, 2.05) is 77.8 Å². The van der Waals surface area contributed by atoms with E-state index in [9.17, 15) is 0 Å². The molecule has 0 aliphatic carbocycles. The van der Waals surface area contributed by atoms with Gasteiger partial charge in [0.2, 0.25) is 0 Å². The zero-order chi connectivity index (χ0) is 30.0. The van der Waals surface area contributed by atoms with Crippen molar-refractivity contribution in [2.24, 2.45) is 4.99 Å².